The fourth-order valence-corrected chi connectivity index (χ4v) is 2.05. The molecule has 0 amide bonds. The van der Waals surface area contributed by atoms with Gasteiger partial charge in [0.15, 0.2) is 0 Å². The summed E-state index contributed by atoms with van der Waals surface area (Å²) in [6, 6.07) is 1.86. The van der Waals surface area contributed by atoms with Crippen molar-refractivity contribution >= 4 is 15.9 Å². The van der Waals surface area contributed by atoms with Gasteiger partial charge in [-0.05, 0) is 35.1 Å². The number of hydrogen-bond acceptors (Lipinski definition) is 3. The number of hydrogen-bond donors (Lipinski definition) is 1. The smallest absolute Gasteiger partial charge is 0.145 e. The maximum absolute atomic E-state index is 14.0. The van der Waals surface area contributed by atoms with E-state index in [0.29, 0.717) is 5.69 Å². The van der Waals surface area contributed by atoms with Gasteiger partial charge in [0.25, 0.3) is 0 Å². The average molecular weight is 314 g/mol. The van der Waals surface area contributed by atoms with Crippen molar-refractivity contribution in [3.63, 3.8) is 0 Å². The van der Waals surface area contributed by atoms with Gasteiger partial charge in [0, 0.05) is 18.0 Å². The topological polar surface area (TPSA) is 37.8 Å². The summed E-state index contributed by atoms with van der Waals surface area (Å²) < 4.78 is 28.0. The number of benzene rings is 1. The molecule has 18 heavy (non-hydrogen) atoms. The van der Waals surface area contributed by atoms with E-state index in [1.165, 1.54) is 30.7 Å². The molecule has 0 saturated carbocycles. The van der Waals surface area contributed by atoms with Gasteiger partial charge in [0.2, 0.25) is 0 Å². The summed E-state index contributed by atoms with van der Waals surface area (Å²) >= 11 is 3.04. The summed E-state index contributed by atoms with van der Waals surface area (Å²) in [5, 5.41) is 2.84. The molecule has 3 nitrogen and oxygen atoms in total. The van der Waals surface area contributed by atoms with Gasteiger partial charge in [-0.15, -0.1) is 0 Å². The van der Waals surface area contributed by atoms with E-state index in [9.17, 15) is 8.78 Å². The van der Waals surface area contributed by atoms with E-state index in [1.807, 2.05) is 0 Å². The molecule has 0 radical (unpaired) electrons. The van der Waals surface area contributed by atoms with E-state index < -0.39 is 17.7 Å². The number of halogens is 3. The Morgan fingerprint density at radius 1 is 1.28 bits per heavy atom. The minimum atomic E-state index is -0.684. The van der Waals surface area contributed by atoms with Crippen LogP contribution in [0.15, 0.2) is 35.2 Å². The first-order valence-corrected chi connectivity index (χ1v) is 6.01. The van der Waals surface area contributed by atoms with Gasteiger partial charge in [-0.3, -0.25) is 9.97 Å². The van der Waals surface area contributed by atoms with Gasteiger partial charge in [0.1, 0.15) is 11.6 Å². The van der Waals surface area contributed by atoms with Gasteiger partial charge in [-0.25, -0.2) is 8.78 Å². The summed E-state index contributed by atoms with van der Waals surface area (Å²) in [6.45, 7) is 0. The van der Waals surface area contributed by atoms with Crippen molar-refractivity contribution in [1.82, 2.24) is 15.3 Å². The predicted octanol–water partition coefficient (Wildman–Crippen LogP) is 2.83. The Morgan fingerprint density at radius 2 is 2.06 bits per heavy atom. The maximum atomic E-state index is 14.0. The van der Waals surface area contributed by atoms with Crippen LogP contribution in [0, 0.1) is 11.6 Å². The Hall–Kier alpha value is -1.40. The second-order valence-electron chi connectivity index (χ2n) is 3.61. The van der Waals surface area contributed by atoms with E-state index >= 15 is 0 Å². The Morgan fingerprint density at radius 3 is 2.67 bits per heavy atom. The number of rotatable bonds is 3. The molecule has 0 spiro atoms. The molecule has 1 aromatic carbocycles. The summed E-state index contributed by atoms with van der Waals surface area (Å²) in [4.78, 5) is 7.97. The van der Waals surface area contributed by atoms with Gasteiger partial charge >= 0.3 is 0 Å². The molecule has 0 aliphatic heterocycles. The van der Waals surface area contributed by atoms with Gasteiger partial charge < -0.3 is 5.32 Å². The molecule has 1 unspecified atom stereocenters. The Bertz CT molecular complexity index is 549. The standard InChI is InChI=1S/C12H10BrF2N3/c1-16-12(9-6-17-4-5-18-9)10-8(14)3-2-7(13)11(10)15/h2-6,12,16H,1H3. The summed E-state index contributed by atoms with van der Waals surface area (Å²) in [5.41, 5.74) is 0.378. The third-order valence-corrected chi connectivity index (χ3v) is 3.15. The predicted molar refractivity (Wildman–Crippen MR) is 67.0 cm³/mol. The summed E-state index contributed by atoms with van der Waals surface area (Å²) in [7, 11) is 1.61. The molecule has 0 fully saturated rings. The Labute approximate surface area is 111 Å². The zero-order valence-corrected chi connectivity index (χ0v) is 11.1. The van der Waals surface area contributed by atoms with Crippen LogP contribution in [0.2, 0.25) is 0 Å². The monoisotopic (exact) mass is 313 g/mol. The van der Waals surface area contributed by atoms with Crippen molar-refractivity contribution in [3.05, 3.63) is 58.1 Å². The highest BCUT2D eigenvalue weighted by Crippen LogP contribution is 2.29. The lowest BCUT2D eigenvalue weighted by Crippen LogP contribution is -2.21. The highest BCUT2D eigenvalue weighted by molar-refractivity contribution is 9.10. The normalized spacial score (nSPS) is 12.4. The van der Waals surface area contributed by atoms with Crippen LogP contribution in [0.3, 0.4) is 0 Å². The summed E-state index contributed by atoms with van der Waals surface area (Å²) in [5.74, 6) is -1.26. The van der Waals surface area contributed by atoms with Gasteiger partial charge in [-0.1, -0.05) is 0 Å². The van der Waals surface area contributed by atoms with E-state index in [2.05, 4.69) is 31.2 Å². The van der Waals surface area contributed by atoms with Gasteiger partial charge in [-0.2, -0.15) is 0 Å². The zero-order valence-electron chi connectivity index (χ0n) is 9.49. The second-order valence-corrected chi connectivity index (χ2v) is 4.46. The average Bonchev–Trinajstić information content (AvgIpc) is 2.40. The van der Waals surface area contributed by atoms with Crippen LogP contribution in [0.5, 0.6) is 0 Å². The van der Waals surface area contributed by atoms with Crippen LogP contribution in [0.1, 0.15) is 17.3 Å². The van der Waals surface area contributed by atoms with E-state index in [-0.39, 0.29) is 10.0 Å². The van der Waals surface area contributed by atoms with Crippen molar-refractivity contribution < 1.29 is 8.78 Å². The molecule has 0 bridgehead atoms. The fourth-order valence-electron chi connectivity index (χ4n) is 1.71. The Kier molecular flexibility index (Phi) is 3.98. The first kappa shape index (κ1) is 13.0. The maximum Gasteiger partial charge on any atom is 0.145 e. The van der Waals surface area contributed by atoms with Crippen molar-refractivity contribution in [1.29, 1.82) is 0 Å². The Balaban J connectivity index is 2.56. The third-order valence-electron chi connectivity index (χ3n) is 2.54. The molecule has 94 valence electrons. The molecule has 6 heteroatoms. The lowest BCUT2D eigenvalue weighted by atomic mass is 10.0. The van der Waals surface area contributed by atoms with Crippen molar-refractivity contribution in [2.75, 3.05) is 7.05 Å². The molecule has 1 atom stereocenters. The summed E-state index contributed by atoms with van der Waals surface area (Å²) in [6.07, 6.45) is 4.46. The highest BCUT2D eigenvalue weighted by Gasteiger charge is 2.23. The van der Waals surface area contributed by atoms with E-state index in [1.54, 1.807) is 7.05 Å². The molecule has 2 rings (SSSR count). The highest BCUT2D eigenvalue weighted by atomic mass is 79.9. The lowest BCUT2D eigenvalue weighted by Gasteiger charge is -2.17. The van der Waals surface area contributed by atoms with Crippen LogP contribution in [-0.2, 0) is 0 Å². The first-order valence-electron chi connectivity index (χ1n) is 5.21. The molecule has 1 aromatic heterocycles. The van der Waals surface area contributed by atoms with Crippen LogP contribution >= 0.6 is 15.9 Å². The number of aromatic nitrogens is 2. The van der Waals surface area contributed by atoms with Crippen LogP contribution in [0.25, 0.3) is 0 Å². The molecule has 0 aliphatic rings. The van der Waals surface area contributed by atoms with E-state index in [4.69, 9.17) is 0 Å². The number of nitrogens with zero attached hydrogens (tertiary/aromatic N) is 2. The van der Waals surface area contributed by atoms with Crippen LogP contribution in [-0.4, -0.2) is 17.0 Å². The van der Waals surface area contributed by atoms with Crippen molar-refractivity contribution in [2.24, 2.45) is 0 Å². The molecule has 1 heterocycles. The molecular weight excluding hydrogens is 304 g/mol. The van der Waals surface area contributed by atoms with Crippen LogP contribution in [0.4, 0.5) is 8.78 Å². The first-order chi connectivity index (χ1) is 8.65. The lowest BCUT2D eigenvalue weighted by molar-refractivity contribution is 0.513. The largest absolute Gasteiger partial charge is 0.308 e. The molecule has 1 N–H and O–H groups in total. The van der Waals surface area contributed by atoms with Gasteiger partial charge in [0.05, 0.1) is 22.4 Å². The van der Waals surface area contributed by atoms with E-state index in [0.717, 1.165) is 0 Å². The second kappa shape index (κ2) is 5.49. The number of nitrogens with one attached hydrogen (secondary N) is 1. The van der Waals surface area contributed by atoms with Crippen molar-refractivity contribution in [3.8, 4) is 0 Å². The minimum absolute atomic E-state index is 0.0765. The molecular formula is C12H10BrF2N3. The van der Waals surface area contributed by atoms with Crippen LogP contribution < -0.4 is 5.32 Å². The zero-order chi connectivity index (χ0) is 13.1. The minimum Gasteiger partial charge on any atom is -0.308 e. The quantitative estimate of drug-likeness (QED) is 0.885. The molecule has 0 aliphatic carbocycles. The fraction of sp³-hybridized carbons (Fsp3) is 0.167. The SMILES string of the molecule is CNC(c1cnccn1)c1c(F)ccc(Br)c1F. The molecule has 2 aromatic rings. The third kappa shape index (κ3) is 2.39. The molecule has 0 saturated heterocycles. The van der Waals surface area contributed by atoms with Crippen molar-refractivity contribution in [2.45, 2.75) is 6.04 Å².